The van der Waals surface area contributed by atoms with E-state index in [4.69, 9.17) is 14.2 Å². The van der Waals surface area contributed by atoms with Gasteiger partial charge in [0.15, 0.2) is 5.78 Å². The van der Waals surface area contributed by atoms with Crippen molar-refractivity contribution in [3.05, 3.63) is 53.1 Å². The van der Waals surface area contributed by atoms with Gasteiger partial charge < -0.3 is 24.4 Å². The molecule has 4 aliphatic rings. The third-order valence-corrected chi connectivity index (χ3v) is 6.53. The SMILES string of the molecule is CC(C)=CC1Oc2cc(O)ccc2C2=C1C(=O)C1C(O)CC3OC(C)(C)C=CC3C1O2. The van der Waals surface area contributed by atoms with Crippen molar-refractivity contribution in [3.8, 4) is 11.5 Å². The maximum atomic E-state index is 13.8. The molecule has 6 heteroatoms. The first-order chi connectivity index (χ1) is 14.6. The second kappa shape index (κ2) is 6.97. The number of aliphatic hydroxyl groups excluding tert-OH is 1. The Balaban J connectivity index is 1.64. The van der Waals surface area contributed by atoms with Gasteiger partial charge in [-0.1, -0.05) is 17.7 Å². The molecular formula is C25H28O6. The molecule has 6 atom stereocenters. The van der Waals surface area contributed by atoms with E-state index >= 15 is 0 Å². The number of phenols is 1. The Hall–Kier alpha value is -2.57. The summed E-state index contributed by atoms with van der Waals surface area (Å²) in [4.78, 5) is 13.8. The van der Waals surface area contributed by atoms with Gasteiger partial charge in [0.2, 0.25) is 0 Å². The van der Waals surface area contributed by atoms with Crippen LogP contribution >= 0.6 is 0 Å². The minimum Gasteiger partial charge on any atom is -0.508 e. The fraction of sp³-hybridized carbons (Fsp3) is 0.480. The van der Waals surface area contributed by atoms with Gasteiger partial charge in [-0.2, -0.15) is 0 Å². The summed E-state index contributed by atoms with van der Waals surface area (Å²) in [5, 5.41) is 20.9. The van der Waals surface area contributed by atoms with Crippen molar-refractivity contribution >= 4 is 11.5 Å². The topological polar surface area (TPSA) is 85.2 Å². The van der Waals surface area contributed by atoms with Crippen LogP contribution in [0.4, 0.5) is 0 Å². The summed E-state index contributed by atoms with van der Waals surface area (Å²) in [5.74, 6) is 0.0713. The van der Waals surface area contributed by atoms with Crippen LogP contribution in [0.25, 0.3) is 5.76 Å². The van der Waals surface area contributed by atoms with Crippen LogP contribution in [0.15, 0.2) is 47.6 Å². The monoisotopic (exact) mass is 424 g/mol. The lowest BCUT2D eigenvalue weighted by molar-refractivity contribution is -0.169. The van der Waals surface area contributed by atoms with Crippen LogP contribution in [0, 0.1) is 11.8 Å². The molecule has 6 nitrogen and oxygen atoms in total. The number of Topliss-reactive ketones (excluding diaryl/α,β-unsaturated/α-hetero) is 1. The molecule has 31 heavy (non-hydrogen) atoms. The summed E-state index contributed by atoms with van der Waals surface area (Å²) in [6, 6.07) is 4.80. The second-order valence-corrected chi connectivity index (χ2v) is 9.68. The van der Waals surface area contributed by atoms with Crippen molar-refractivity contribution in [2.24, 2.45) is 11.8 Å². The molecule has 3 heterocycles. The molecule has 0 amide bonds. The van der Waals surface area contributed by atoms with Gasteiger partial charge in [-0.15, -0.1) is 0 Å². The molecule has 0 radical (unpaired) electrons. The predicted molar refractivity (Wildman–Crippen MR) is 114 cm³/mol. The Morgan fingerprint density at radius 1 is 1.23 bits per heavy atom. The first-order valence-electron chi connectivity index (χ1n) is 10.8. The standard InChI is InChI=1S/C25H28O6/c1-12(2)9-19-21-22(28)20-16(27)11-18-15(7-8-25(3,4)31-18)23(20)30-24(21)14-6-5-13(26)10-17(14)29-19/h5-10,15-16,18-20,23,26-27H,11H2,1-4H3. The van der Waals surface area contributed by atoms with E-state index in [0.29, 0.717) is 29.1 Å². The van der Waals surface area contributed by atoms with Crippen molar-refractivity contribution in [3.63, 3.8) is 0 Å². The van der Waals surface area contributed by atoms with E-state index < -0.39 is 29.8 Å². The largest absolute Gasteiger partial charge is 0.508 e. The van der Waals surface area contributed by atoms with Crippen LogP contribution in [0.1, 0.15) is 39.7 Å². The van der Waals surface area contributed by atoms with E-state index in [9.17, 15) is 15.0 Å². The van der Waals surface area contributed by atoms with E-state index in [1.165, 1.54) is 6.07 Å². The molecule has 0 aromatic heterocycles. The number of benzene rings is 1. The first-order valence-corrected chi connectivity index (χ1v) is 10.8. The molecule has 164 valence electrons. The van der Waals surface area contributed by atoms with E-state index in [2.05, 4.69) is 6.08 Å². The zero-order valence-electron chi connectivity index (χ0n) is 18.2. The summed E-state index contributed by atoms with van der Waals surface area (Å²) in [6.45, 7) is 7.84. The highest BCUT2D eigenvalue weighted by Gasteiger charge is 2.55. The van der Waals surface area contributed by atoms with Gasteiger partial charge in [-0.3, -0.25) is 4.79 Å². The number of aromatic hydroxyl groups is 1. The maximum Gasteiger partial charge on any atom is 0.176 e. The number of carbonyl (C=O) groups excluding carboxylic acids is 1. The van der Waals surface area contributed by atoms with E-state index in [0.717, 1.165) is 5.57 Å². The molecule has 5 rings (SSSR count). The summed E-state index contributed by atoms with van der Waals surface area (Å²) < 4.78 is 18.8. The lowest BCUT2D eigenvalue weighted by Gasteiger charge is -2.50. The Morgan fingerprint density at radius 2 is 2.00 bits per heavy atom. The smallest absolute Gasteiger partial charge is 0.176 e. The molecule has 1 aliphatic carbocycles. The Bertz CT molecular complexity index is 1030. The maximum absolute atomic E-state index is 13.8. The van der Waals surface area contributed by atoms with Gasteiger partial charge in [0, 0.05) is 18.4 Å². The van der Waals surface area contributed by atoms with Crippen LogP contribution < -0.4 is 4.74 Å². The summed E-state index contributed by atoms with van der Waals surface area (Å²) in [6.07, 6.45) is 4.08. The number of hydrogen-bond acceptors (Lipinski definition) is 6. The lowest BCUT2D eigenvalue weighted by atomic mass is 9.68. The summed E-state index contributed by atoms with van der Waals surface area (Å²) in [5.41, 5.74) is 1.63. The Labute approximate surface area is 181 Å². The first kappa shape index (κ1) is 20.3. The normalized spacial score (nSPS) is 35.1. The van der Waals surface area contributed by atoms with Gasteiger partial charge in [0.25, 0.3) is 0 Å². The zero-order chi connectivity index (χ0) is 22.1. The number of ether oxygens (including phenoxy) is 3. The number of rotatable bonds is 1. The van der Waals surface area contributed by atoms with Crippen LogP contribution in [0.5, 0.6) is 11.5 Å². The van der Waals surface area contributed by atoms with Crippen molar-refractivity contribution in [1.82, 2.24) is 0 Å². The number of aliphatic hydroxyl groups is 1. The molecule has 1 aromatic carbocycles. The Morgan fingerprint density at radius 3 is 2.74 bits per heavy atom. The van der Waals surface area contributed by atoms with Gasteiger partial charge in [-0.25, -0.2) is 0 Å². The fourth-order valence-electron chi connectivity index (χ4n) is 5.20. The number of allylic oxidation sites excluding steroid dienone is 1. The Kier molecular flexibility index (Phi) is 4.57. The molecule has 1 fully saturated rings. The molecule has 2 N–H and O–H groups in total. The van der Waals surface area contributed by atoms with Crippen molar-refractivity contribution in [2.45, 2.75) is 64.1 Å². The average Bonchev–Trinajstić information content (AvgIpc) is 2.65. The summed E-state index contributed by atoms with van der Waals surface area (Å²) in [7, 11) is 0. The molecule has 0 spiro atoms. The van der Waals surface area contributed by atoms with Crippen molar-refractivity contribution < 1.29 is 29.2 Å². The average molecular weight is 424 g/mol. The molecule has 0 bridgehead atoms. The van der Waals surface area contributed by atoms with Crippen LogP contribution in [0.3, 0.4) is 0 Å². The van der Waals surface area contributed by atoms with E-state index in [1.807, 2.05) is 39.8 Å². The van der Waals surface area contributed by atoms with E-state index in [-0.39, 0.29) is 23.6 Å². The lowest BCUT2D eigenvalue weighted by Crippen LogP contribution is -2.58. The molecule has 1 aromatic rings. The molecule has 0 saturated heterocycles. The fourth-order valence-corrected chi connectivity index (χ4v) is 5.20. The zero-order valence-corrected chi connectivity index (χ0v) is 18.2. The van der Waals surface area contributed by atoms with Gasteiger partial charge >= 0.3 is 0 Å². The molecule has 6 unspecified atom stereocenters. The van der Waals surface area contributed by atoms with Crippen molar-refractivity contribution in [2.75, 3.05) is 0 Å². The van der Waals surface area contributed by atoms with Crippen LogP contribution in [-0.4, -0.2) is 46.0 Å². The molecule has 3 aliphatic heterocycles. The highest BCUT2D eigenvalue weighted by atomic mass is 16.5. The van der Waals surface area contributed by atoms with E-state index in [1.54, 1.807) is 12.1 Å². The quantitative estimate of drug-likeness (QED) is 0.671. The van der Waals surface area contributed by atoms with Gasteiger partial charge in [0.1, 0.15) is 29.5 Å². The third kappa shape index (κ3) is 3.29. The number of phenolic OH excluding ortho intramolecular Hbond substituents is 1. The highest BCUT2D eigenvalue weighted by Crippen LogP contribution is 2.50. The number of hydrogen-bond donors (Lipinski definition) is 2. The molecular weight excluding hydrogens is 396 g/mol. The molecule has 1 saturated carbocycles. The number of fused-ring (bicyclic) bond motifs is 5. The van der Waals surface area contributed by atoms with Gasteiger partial charge in [-0.05, 0) is 45.9 Å². The predicted octanol–water partition coefficient (Wildman–Crippen LogP) is 3.53. The van der Waals surface area contributed by atoms with Gasteiger partial charge in [0.05, 0.1) is 34.9 Å². The summed E-state index contributed by atoms with van der Waals surface area (Å²) >= 11 is 0. The van der Waals surface area contributed by atoms with Crippen LogP contribution in [0.2, 0.25) is 0 Å². The third-order valence-electron chi connectivity index (χ3n) is 6.53. The second-order valence-electron chi connectivity index (χ2n) is 9.68. The minimum atomic E-state index is -0.858. The highest BCUT2D eigenvalue weighted by molar-refractivity contribution is 6.07. The van der Waals surface area contributed by atoms with Crippen molar-refractivity contribution in [1.29, 1.82) is 0 Å². The van der Waals surface area contributed by atoms with Crippen LogP contribution in [-0.2, 0) is 14.3 Å². The number of carbonyl (C=O) groups is 1. The minimum absolute atomic E-state index is 0.0813. The number of ketones is 1.